The lowest BCUT2D eigenvalue weighted by Gasteiger charge is -2.24. The molecule has 0 spiro atoms. The molecule has 0 saturated heterocycles. The highest BCUT2D eigenvalue weighted by Gasteiger charge is 2.29. The van der Waals surface area contributed by atoms with Crippen LogP contribution < -0.4 is 0 Å². The largest absolute Gasteiger partial charge is 0.438 e. The number of terminal acetylenes is 1. The fraction of sp³-hybridized carbons (Fsp3) is 0.0800. The fourth-order valence-corrected chi connectivity index (χ4v) is 5.03. The maximum Gasteiger partial charge on any atom is 0.339 e. The molecule has 2 nitrogen and oxygen atoms in total. The first kappa shape index (κ1) is 18.0. The van der Waals surface area contributed by atoms with Crippen molar-refractivity contribution in [3.63, 3.8) is 0 Å². The first-order valence-corrected chi connectivity index (χ1v) is 10.3. The molecule has 4 rings (SSSR count). The van der Waals surface area contributed by atoms with Gasteiger partial charge in [0.25, 0.3) is 0 Å². The van der Waals surface area contributed by atoms with Crippen molar-refractivity contribution in [3.8, 4) is 17.2 Å². The number of ether oxygens (including phenoxy) is 1. The summed E-state index contributed by atoms with van der Waals surface area (Å²) < 4.78 is 7.00. The topological polar surface area (TPSA) is 26.3 Å². The van der Waals surface area contributed by atoms with E-state index in [0.29, 0.717) is 5.56 Å². The summed E-state index contributed by atoms with van der Waals surface area (Å²) in [5, 5.41) is 3.46. The monoisotopic (exact) mass is 383 g/mol. The van der Waals surface area contributed by atoms with E-state index in [4.69, 9.17) is 11.2 Å². The van der Waals surface area contributed by atoms with Gasteiger partial charge in [0.05, 0.1) is 5.56 Å². The molecule has 136 valence electrons. The Hall–Kier alpha value is -3.35. The van der Waals surface area contributed by atoms with Gasteiger partial charge < -0.3 is 4.74 Å². The third-order valence-electron chi connectivity index (χ3n) is 4.78. The van der Waals surface area contributed by atoms with Crippen molar-refractivity contribution in [1.29, 1.82) is 0 Å². The molecule has 0 aliphatic carbocycles. The molecule has 1 aromatic heterocycles. The van der Waals surface area contributed by atoms with Gasteiger partial charge in [-0.25, -0.2) is 4.79 Å². The van der Waals surface area contributed by atoms with Crippen molar-refractivity contribution >= 4 is 26.5 Å². The molecule has 0 fully saturated rings. The fourth-order valence-electron chi connectivity index (χ4n) is 3.15. The van der Waals surface area contributed by atoms with Crippen LogP contribution in [-0.4, -0.2) is 5.97 Å². The highest BCUT2D eigenvalue weighted by Crippen LogP contribution is 2.39. The Labute approximate surface area is 167 Å². The Balaban J connectivity index is 1.59. The number of hydrogen-bond donors (Lipinski definition) is 0. The number of carbonyl (C=O) groups excluding carboxylic acids is 1. The summed E-state index contributed by atoms with van der Waals surface area (Å²) in [5.41, 5.74) is 0.157. The van der Waals surface area contributed by atoms with Gasteiger partial charge in [-0.15, -0.1) is 6.42 Å². The maximum absolute atomic E-state index is 12.7. The summed E-state index contributed by atoms with van der Waals surface area (Å²) in [6, 6.07) is 27.5. The molecule has 0 saturated carbocycles. The molecule has 0 radical (unpaired) electrons. The van der Waals surface area contributed by atoms with Crippen LogP contribution >= 0.6 is 10.5 Å². The van der Waals surface area contributed by atoms with Crippen LogP contribution in [0.15, 0.2) is 90.3 Å². The summed E-state index contributed by atoms with van der Waals surface area (Å²) in [7, 11) is -0.102. The molecule has 4 aromatic rings. The molecule has 2 unspecified atom stereocenters. The number of hydrogen-bond acceptors (Lipinski definition) is 2. The van der Waals surface area contributed by atoms with Gasteiger partial charge in [-0.1, -0.05) is 48.4 Å². The van der Waals surface area contributed by atoms with Crippen LogP contribution in [0.5, 0.6) is 0 Å². The van der Waals surface area contributed by atoms with Gasteiger partial charge in [0.2, 0.25) is 0 Å². The molecule has 0 amide bonds. The minimum Gasteiger partial charge on any atom is -0.438 e. The average Bonchev–Trinajstić information content (AvgIpc) is 3.18. The molecular formula is C25H19O2S+. The lowest BCUT2D eigenvalue weighted by atomic mass is 9.96. The van der Waals surface area contributed by atoms with Gasteiger partial charge in [0, 0.05) is 27.5 Å². The second-order valence-electron chi connectivity index (χ2n) is 6.64. The van der Waals surface area contributed by atoms with E-state index in [1.54, 1.807) is 19.1 Å². The molecule has 0 aliphatic rings. The summed E-state index contributed by atoms with van der Waals surface area (Å²) in [6.45, 7) is 1.73. The smallest absolute Gasteiger partial charge is 0.339 e. The van der Waals surface area contributed by atoms with Crippen molar-refractivity contribution < 1.29 is 9.53 Å². The van der Waals surface area contributed by atoms with Crippen molar-refractivity contribution in [2.45, 2.75) is 12.5 Å². The lowest BCUT2D eigenvalue weighted by molar-refractivity contribution is 0.0129. The SMILES string of the molecule is C#CC(C)(OC(=O)c1ccc(-[s+]2ccc3ccccc32)cc1)c1ccccc1. The normalized spacial score (nSPS) is 13.5. The Morgan fingerprint density at radius 2 is 1.61 bits per heavy atom. The summed E-state index contributed by atoms with van der Waals surface area (Å²) in [5.74, 6) is 2.18. The van der Waals surface area contributed by atoms with E-state index in [0.717, 1.165) is 5.56 Å². The van der Waals surface area contributed by atoms with E-state index in [1.165, 1.54) is 15.0 Å². The molecule has 1 heterocycles. The molecule has 28 heavy (non-hydrogen) atoms. The third-order valence-corrected chi connectivity index (χ3v) is 6.81. The number of thiophene rings is 1. The molecule has 3 aromatic carbocycles. The Bertz CT molecular complexity index is 1170. The molecule has 0 N–H and O–H groups in total. The van der Waals surface area contributed by atoms with Crippen LogP contribution in [0.25, 0.3) is 15.0 Å². The number of carbonyl (C=O) groups is 1. The van der Waals surface area contributed by atoms with E-state index in [1.807, 2.05) is 48.5 Å². The number of fused-ring (bicyclic) bond motifs is 1. The zero-order valence-corrected chi connectivity index (χ0v) is 16.3. The van der Waals surface area contributed by atoms with E-state index < -0.39 is 11.6 Å². The summed E-state index contributed by atoms with van der Waals surface area (Å²) >= 11 is 0. The number of benzene rings is 3. The minimum atomic E-state index is -1.11. The van der Waals surface area contributed by atoms with Crippen LogP contribution in [0.2, 0.25) is 0 Å². The van der Waals surface area contributed by atoms with Gasteiger partial charge in [-0.3, -0.25) is 0 Å². The molecular weight excluding hydrogens is 364 g/mol. The van der Waals surface area contributed by atoms with Crippen molar-refractivity contribution in [3.05, 3.63) is 101 Å². The Morgan fingerprint density at radius 3 is 2.32 bits per heavy atom. The highest BCUT2D eigenvalue weighted by molar-refractivity contribution is 7.43. The predicted molar refractivity (Wildman–Crippen MR) is 116 cm³/mol. The molecule has 2 atom stereocenters. The standard InChI is InChI=1S/C25H19O2S/c1-3-25(2,21-10-5-4-6-11-21)27-24(26)20-13-15-22(16-14-20)28-18-17-19-9-7-8-12-23(19)28/h1,4-18H,2H3/q+1. The van der Waals surface area contributed by atoms with Crippen LogP contribution in [0.4, 0.5) is 0 Å². The van der Waals surface area contributed by atoms with Gasteiger partial charge in [0.1, 0.15) is 5.38 Å². The maximum atomic E-state index is 12.7. The van der Waals surface area contributed by atoms with Gasteiger partial charge in [-0.2, -0.15) is 0 Å². The zero-order chi connectivity index (χ0) is 19.6. The quantitative estimate of drug-likeness (QED) is 0.235. The van der Waals surface area contributed by atoms with Crippen molar-refractivity contribution in [1.82, 2.24) is 0 Å². The predicted octanol–water partition coefficient (Wildman–Crippen LogP) is 6.28. The van der Waals surface area contributed by atoms with Crippen LogP contribution in [-0.2, 0) is 10.3 Å². The Morgan fingerprint density at radius 1 is 0.929 bits per heavy atom. The number of esters is 1. The number of rotatable bonds is 4. The summed E-state index contributed by atoms with van der Waals surface area (Å²) in [4.78, 5) is 13.9. The van der Waals surface area contributed by atoms with Crippen molar-refractivity contribution in [2.75, 3.05) is 0 Å². The van der Waals surface area contributed by atoms with E-state index in [9.17, 15) is 4.79 Å². The van der Waals surface area contributed by atoms with Crippen LogP contribution in [0, 0.1) is 12.3 Å². The van der Waals surface area contributed by atoms with E-state index in [2.05, 4.69) is 35.6 Å². The van der Waals surface area contributed by atoms with Gasteiger partial charge >= 0.3 is 5.97 Å². The lowest BCUT2D eigenvalue weighted by Crippen LogP contribution is -2.27. The van der Waals surface area contributed by atoms with Crippen LogP contribution in [0.3, 0.4) is 0 Å². The summed E-state index contributed by atoms with van der Waals surface area (Å²) in [6.07, 6.45) is 5.68. The second-order valence-corrected chi connectivity index (χ2v) is 8.49. The molecule has 0 bridgehead atoms. The van der Waals surface area contributed by atoms with Crippen molar-refractivity contribution in [2.24, 2.45) is 0 Å². The third kappa shape index (κ3) is 3.31. The molecule has 0 aliphatic heterocycles. The Kier molecular flexibility index (Phi) is 4.73. The van der Waals surface area contributed by atoms with Gasteiger partial charge in [-0.05, 0) is 43.3 Å². The zero-order valence-electron chi connectivity index (χ0n) is 15.5. The minimum absolute atomic E-state index is 0.102. The highest BCUT2D eigenvalue weighted by atomic mass is 32.2. The second kappa shape index (κ2) is 7.34. The first-order valence-electron chi connectivity index (χ1n) is 8.98. The van der Waals surface area contributed by atoms with E-state index in [-0.39, 0.29) is 10.5 Å². The van der Waals surface area contributed by atoms with E-state index >= 15 is 0 Å². The van der Waals surface area contributed by atoms with Gasteiger partial charge in [0.15, 0.2) is 15.2 Å². The van der Waals surface area contributed by atoms with Crippen LogP contribution in [0.1, 0.15) is 22.8 Å². The molecule has 3 heteroatoms. The average molecular weight is 383 g/mol. The first-order chi connectivity index (χ1) is 13.6.